The lowest BCUT2D eigenvalue weighted by Crippen LogP contribution is -2.38. The highest BCUT2D eigenvalue weighted by Gasteiger charge is 2.41. The summed E-state index contributed by atoms with van der Waals surface area (Å²) in [5.41, 5.74) is 3.16. The highest BCUT2D eigenvalue weighted by atomic mass is 19.1. The molecule has 2 bridgehead atoms. The van der Waals surface area contributed by atoms with E-state index in [4.69, 9.17) is 9.72 Å². The maximum Gasteiger partial charge on any atom is 0.225 e. The molecular weight excluding hydrogens is 343 g/mol. The van der Waals surface area contributed by atoms with Crippen molar-refractivity contribution in [1.29, 1.82) is 0 Å². The minimum absolute atomic E-state index is 0.194. The van der Waals surface area contributed by atoms with Gasteiger partial charge in [-0.15, -0.1) is 0 Å². The van der Waals surface area contributed by atoms with E-state index in [9.17, 15) is 4.39 Å². The van der Waals surface area contributed by atoms with E-state index in [1.165, 1.54) is 30.2 Å². The zero-order valence-electron chi connectivity index (χ0n) is 15.7. The summed E-state index contributed by atoms with van der Waals surface area (Å²) in [6.07, 6.45) is 7.66. The molecule has 0 saturated carbocycles. The van der Waals surface area contributed by atoms with Crippen LogP contribution in [0.3, 0.4) is 0 Å². The number of methoxy groups -OCH3 is 1. The van der Waals surface area contributed by atoms with Gasteiger partial charge in [-0.1, -0.05) is 6.07 Å². The normalized spacial score (nSPS) is 24.3. The molecule has 2 fully saturated rings. The van der Waals surface area contributed by atoms with Crippen LogP contribution in [0.25, 0.3) is 0 Å². The molecule has 1 aromatic heterocycles. The number of aromatic nitrogens is 2. The maximum absolute atomic E-state index is 14.5. The Morgan fingerprint density at radius 3 is 2.85 bits per heavy atom. The fourth-order valence-electron chi connectivity index (χ4n) is 4.86. The molecular formula is C21H25FN4O. The van der Waals surface area contributed by atoms with Crippen LogP contribution in [0.15, 0.2) is 24.4 Å². The Balaban J connectivity index is 1.40. The van der Waals surface area contributed by atoms with Crippen LogP contribution in [-0.4, -0.2) is 41.1 Å². The molecule has 1 aromatic carbocycles. The molecule has 0 radical (unpaired) electrons. The standard InChI is InChI=1S/C21H25FN4O/c1-27-16-6-4-14(18(22)11-16)13-26-15-5-7-20(26)17-12-23-21(24-19(17)10-15)25-8-2-3-9-25/h4,6,11-12,15,20H,2-3,5,7-10,13H2,1H3/t15-,20+/m0/s1. The molecule has 6 heteroatoms. The van der Waals surface area contributed by atoms with Gasteiger partial charge >= 0.3 is 0 Å². The smallest absolute Gasteiger partial charge is 0.225 e. The van der Waals surface area contributed by atoms with Crippen LogP contribution < -0.4 is 9.64 Å². The van der Waals surface area contributed by atoms with Crippen molar-refractivity contribution < 1.29 is 9.13 Å². The van der Waals surface area contributed by atoms with Crippen LogP contribution in [0.4, 0.5) is 10.3 Å². The second-order valence-corrected chi connectivity index (χ2v) is 7.85. The van der Waals surface area contributed by atoms with Gasteiger partial charge < -0.3 is 9.64 Å². The van der Waals surface area contributed by atoms with E-state index < -0.39 is 0 Å². The minimum atomic E-state index is -0.194. The molecule has 5 nitrogen and oxygen atoms in total. The quantitative estimate of drug-likeness (QED) is 0.826. The van der Waals surface area contributed by atoms with Gasteiger partial charge in [0, 0.05) is 61.5 Å². The van der Waals surface area contributed by atoms with Crippen LogP contribution in [0, 0.1) is 5.82 Å². The molecule has 2 saturated heterocycles. The first-order valence-corrected chi connectivity index (χ1v) is 9.92. The molecule has 0 spiro atoms. The van der Waals surface area contributed by atoms with Crippen molar-refractivity contribution >= 4 is 5.95 Å². The minimum Gasteiger partial charge on any atom is -0.497 e. The second-order valence-electron chi connectivity index (χ2n) is 7.85. The molecule has 0 amide bonds. The van der Waals surface area contributed by atoms with Gasteiger partial charge in [0.05, 0.1) is 12.8 Å². The summed E-state index contributed by atoms with van der Waals surface area (Å²) < 4.78 is 19.6. The maximum atomic E-state index is 14.5. The van der Waals surface area contributed by atoms with Crippen LogP contribution in [0.5, 0.6) is 5.75 Å². The van der Waals surface area contributed by atoms with Crippen LogP contribution in [0.2, 0.25) is 0 Å². The number of nitrogens with zero attached hydrogens (tertiary/aromatic N) is 4. The number of ether oxygens (including phenoxy) is 1. The Morgan fingerprint density at radius 2 is 2.07 bits per heavy atom. The fraction of sp³-hybridized carbons (Fsp3) is 0.524. The summed E-state index contributed by atoms with van der Waals surface area (Å²) in [6, 6.07) is 5.89. The third kappa shape index (κ3) is 2.96. The predicted octanol–water partition coefficient (Wildman–Crippen LogP) is 3.49. The largest absolute Gasteiger partial charge is 0.497 e. The highest BCUT2D eigenvalue weighted by molar-refractivity contribution is 5.38. The number of rotatable bonds is 4. The van der Waals surface area contributed by atoms with Crippen molar-refractivity contribution in [2.75, 3.05) is 25.1 Å². The SMILES string of the molecule is COc1ccc(CN2[C@H]3CC[C@@H]2c2cnc(N4CCCC4)nc2C3)c(F)c1. The van der Waals surface area contributed by atoms with Gasteiger partial charge in [0.2, 0.25) is 5.95 Å². The summed E-state index contributed by atoms with van der Waals surface area (Å²) in [5, 5.41) is 0. The van der Waals surface area contributed by atoms with E-state index in [1.54, 1.807) is 7.11 Å². The lowest BCUT2D eigenvalue weighted by atomic mass is 9.98. The summed E-state index contributed by atoms with van der Waals surface area (Å²) in [4.78, 5) is 14.3. The Bertz CT molecular complexity index is 852. The lowest BCUT2D eigenvalue weighted by molar-refractivity contribution is 0.164. The third-order valence-electron chi connectivity index (χ3n) is 6.32. The van der Waals surface area contributed by atoms with E-state index in [2.05, 4.69) is 14.8 Å². The van der Waals surface area contributed by atoms with Crippen molar-refractivity contribution in [2.24, 2.45) is 0 Å². The Morgan fingerprint density at radius 1 is 1.22 bits per heavy atom. The van der Waals surface area contributed by atoms with Gasteiger partial charge in [-0.25, -0.2) is 14.4 Å². The number of hydrogen-bond acceptors (Lipinski definition) is 5. The molecule has 0 aliphatic carbocycles. The monoisotopic (exact) mass is 368 g/mol. The highest BCUT2D eigenvalue weighted by Crippen LogP contribution is 2.44. The number of anilines is 1. The molecule has 142 valence electrons. The van der Waals surface area contributed by atoms with Crippen LogP contribution in [-0.2, 0) is 13.0 Å². The summed E-state index contributed by atoms with van der Waals surface area (Å²) >= 11 is 0. The first-order valence-electron chi connectivity index (χ1n) is 9.92. The van der Waals surface area contributed by atoms with Gasteiger partial charge in [-0.3, -0.25) is 4.90 Å². The molecule has 0 unspecified atom stereocenters. The third-order valence-corrected chi connectivity index (χ3v) is 6.32. The van der Waals surface area contributed by atoms with Crippen LogP contribution in [0.1, 0.15) is 48.5 Å². The van der Waals surface area contributed by atoms with E-state index in [-0.39, 0.29) is 5.82 Å². The van der Waals surface area contributed by atoms with E-state index in [1.807, 2.05) is 18.3 Å². The van der Waals surface area contributed by atoms with Crippen molar-refractivity contribution in [3.8, 4) is 5.75 Å². The van der Waals surface area contributed by atoms with Crippen molar-refractivity contribution in [3.63, 3.8) is 0 Å². The Kier molecular flexibility index (Phi) is 4.23. The van der Waals surface area contributed by atoms with E-state index >= 15 is 0 Å². The summed E-state index contributed by atoms with van der Waals surface area (Å²) in [7, 11) is 1.56. The molecule has 27 heavy (non-hydrogen) atoms. The average Bonchev–Trinajstić information content (AvgIpc) is 3.31. The van der Waals surface area contributed by atoms with Crippen molar-refractivity contribution in [2.45, 2.75) is 50.7 Å². The Hall–Kier alpha value is -2.21. The van der Waals surface area contributed by atoms with Crippen LogP contribution >= 0.6 is 0 Å². The molecule has 4 heterocycles. The molecule has 2 atom stereocenters. The molecule has 3 aliphatic rings. The predicted molar refractivity (Wildman–Crippen MR) is 101 cm³/mol. The number of hydrogen-bond donors (Lipinski definition) is 0. The molecule has 0 N–H and O–H groups in total. The topological polar surface area (TPSA) is 41.5 Å². The average molecular weight is 368 g/mol. The first-order chi connectivity index (χ1) is 13.2. The van der Waals surface area contributed by atoms with Gasteiger partial charge in [-0.05, 0) is 31.7 Å². The zero-order valence-corrected chi connectivity index (χ0v) is 15.7. The Labute approximate surface area is 159 Å². The van der Waals surface area contributed by atoms with Crippen molar-refractivity contribution in [1.82, 2.24) is 14.9 Å². The van der Waals surface area contributed by atoms with E-state index in [0.717, 1.165) is 43.9 Å². The first kappa shape index (κ1) is 16.9. The summed E-state index contributed by atoms with van der Waals surface area (Å²) in [6.45, 7) is 2.75. The van der Waals surface area contributed by atoms with Gasteiger partial charge in [0.25, 0.3) is 0 Å². The molecule has 3 aliphatic heterocycles. The second kappa shape index (κ2) is 6.75. The summed E-state index contributed by atoms with van der Waals surface area (Å²) in [5.74, 6) is 1.26. The molecule has 5 rings (SSSR count). The number of benzene rings is 1. The van der Waals surface area contributed by atoms with Crippen molar-refractivity contribution in [3.05, 3.63) is 47.0 Å². The van der Waals surface area contributed by atoms with E-state index in [0.29, 0.717) is 24.4 Å². The number of halogens is 1. The molecule has 2 aromatic rings. The number of fused-ring (bicyclic) bond motifs is 4. The fourth-order valence-corrected chi connectivity index (χ4v) is 4.86. The van der Waals surface area contributed by atoms with Gasteiger partial charge in [-0.2, -0.15) is 0 Å². The van der Waals surface area contributed by atoms with Gasteiger partial charge in [0.15, 0.2) is 0 Å². The lowest BCUT2D eigenvalue weighted by Gasteiger charge is -2.36. The zero-order chi connectivity index (χ0) is 18.4. The van der Waals surface area contributed by atoms with Gasteiger partial charge in [0.1, 0.15) is 11.6 Å².